The van der Waals surface area contributed by atoms with Crippen LogP contribution in [0.15, 0.2) is 65.7 Å². The molecule has 4 aromatic rings. The summed E-state index contributed by atoms with van der Waals surface area (Å²) in [6.45, 7) is 2.10. The molecule has 10 heteroatoms. The van der Waals surface area contributed by atoms with Crippen LogP contribution in [0.2, 0.25) is 0 Å². The zero-order valence-electron chi connectivity index (χ0n) is 18.8. The Labute approximate surface area is 199 Å². The Morgan fingerprint density at radius 1 is 0.971 bits per heavy atom. The van der Waals surface area contributed by atoms with Crippen LogP contribution in [0.5, 0.6) is 11.5 Å². The number of benzene rings is 2. The first-order valence-electron chi connectivity index (χ1n) is 11.3. The lowest BCUT2D eigenvalue weighted by Crippen LogP contribution is -2.50. The molecule has 2 aliphatic rings. The topological polar surface area (TPSA) is 81.3 Å². The Morgan fingerprint density at radius 3 is 2.60 bits per heavy atom. The van der Waals surface area contributed by atoms with Gasteiger partial charge in [-0.05, 0) is 36.4 Å². The van der Waals surface area contributed by atoms with Crippen LogP contribution in [-0.4, -0.2) is 58.0 Å². The molecule has 2 aromatic carbocycles. The number of aromatic nitrogens is 3. The van der Waals surface area contributed by atoms with Gasteiger partial charge in [0, 0.05) is 44.1 Å². The summed E-state index contributed by atoms with van der Waals surface area (Å²) in [6, 6.07) is 13.8. The average Bonchev–Trinajstić information content (AvgIpc) is 3.53. The van der Waals surface area contributed by atoms with Crippen molar-refractivity contribution in [2.45, 2.75) is 6.54 Å². The lowest BCUT2D eigenvalue weighted by molar-refractivity contribution is -0.132. The molecule has 1 fully saturated rings. The number of rotatable bonds is 4. The van der Waals surface area contributed by atoms with Gasteiger partial charge in [0.1, 0.15) is 17.9 Å². The molecule has 0 N–H and O–H groups in total. The number of fused-ring (bicyclic) bond motifs is 2. The number of halogens is 1. The maximum absolute atomic E-state index is 14.1. The Morgan fingerprint density at radius 2 is 1.77 bits per heavy atom. The van der Waals surface area contributed by atoms with Gasteiger partial charge in [0.15, 0.2) is 11.5 Å². The van der Waals surface area contributed by atoms with Crippen molar-refractivity contribution < 1.29 is 18.7 Å². The molecule has 178 valence electrons. The molecule has 0 spiro atoms. The number of nitrogens with zero attached hydrogens (tertiary/aromatic N) is 5. The monoisotopic (exact) mass is 475 g/mol. The third kappa shape index (κ3) is 3.86. The fourth-order valence-corrected chi connectivity index (χ4v) is 4.50. The lowest BCUT2D eigenvalue weighted by Gasteiger charge is -2.36. The third-order valence-electron chi connectivity index (χ3n) is 6.40. The minimum absolute atomic E-state index is 0.0699. The largest absolute Gasteiger partial charge is 0.454 e. The number of para-hydroxylation sites is 1. The highest BCUT2D eigenvalue weighted by Gasteiger charge is 2.23. The summed E-state index contributed by atoms with van der Waals surface area (Å²) >= 11 is 0. The van der Waals surface area contributed by atoms with Gasteiger partial charge in [-0.15, -0.1) is 0 Å². The van der Waals surface area contributed by atoms with Crippen molar-refractivity contribution in [3.63, 3.8) is 0 Å². The van der Waals surface area contributed by atoms with Gasteiger partial charge >= 0.3 is 0 Å². The Balaban J connectivity index is 1.17. The summed E-state index contributed by atoms with van der Waals surface area (Å²) in [7, 11) is 0. The number of ether oxygens (including phenoxy) is 2. The van der Waals surface area contributed by atoms with Crippen molar-refractivity contribution >= 4 is 17.1 Å². The Bertz CT molecular complexity index is 1490. The first-order chi connectivity index (χ1) is 17.1. The molecule has 0 radical (unpaired) electrons. The highest BCUT2D eigenvalue weighted by Crippen LogP contribution is 2.35. The zero-order chi connectivity index (χ0) is 23.9. The Hall–Kier alpha value is -4.34. The molecule has 0 unspecified atom stereocenters. The van der Waals surface area contributed by atoms with Crippen molar-refractivity contribution in [1.82, 2.24) is 19.1 Å². The SMILES string of the molecule is O=C(Cn1ccn2nc(-c3ccc4c(c3)OCO4)cc2c1=O)N1CCN(c2ccccc2F)CC1. The molecule has 0 aliphatic carbocycles. The average molecular weight is 475 g/mol. The molecular weight excluding hydrogens is 453 g/mol. The number of amides is 1. The van der Waals surface area contributed by atoms with E-state index in [0.717, 1.165) is 5.56 Å². The third-order valence-corrected chi connectivity index (χ3v) is 6.40. The van der Waals surface area contributed by atoms with Crippen molar-refractivity contribution in [3.05, 3.63) is 77.1 Å². The molecule has 35 heavy (non-hydrogen) atoms. The van der Waals surface area contributed by atoms with Gasteiger partial charge in [-0.1, -0.05) is 12.1 Å². The van der Waals surface area contributed by atoms with Gasteiger partial charge in [0.25, 0.3) is 5.56 Å². The summed E-state index contributed by atoms with van der Waals surface area (Å²) in [5, 5.41) is 4.50. The fraction of sp³-hybridized carbons (Fsp3) is 0.240. The number of carbonyl (C=O) groups excluding carboxylic acids is 1. The van der Waals surface area contributed by atoms with Crippen molar-refractivity contribution in [1.29, 1.82) is 0 Å². The molecule has 0 atom stereocenters. The van der Waals surface area contributed by atoms with E-state index in [1.165, 1.54) is 15.1 Å². The van der Waals surface area contributed by atoms with Crippen LogP contribution < -0.4 is 19.9 Å². The van der Waals surface area contributed by atoms with Crippen LogP contribution >= 0.6 is 0 Å². The lowest BCUT2D eigenvalue weighted by atomic mass is 10.1. The quantitative estimate of drug-likeness (QED) is 0.451. The van der Waals surface area contributed by atoms with E-state index >= 15 is 0 Å². The summed E-state index contributed by atoms with van der Waals surface area (Å²) in [5.74, 6) is 0.888. The summed E-state index contributed by atoms with van der Waals surface area (Å²) in [5.41, 5.74) is 2.03. The maximum Gasteiger partial charge on any atom is 0.277 e. The summed E-state index contributed by atoms with van der Waals surface area (Å²) < 4.78 is 27.8. The molecule has 6 rings (SSSR count). The van der Waals surface area contributed by atoms with Crippen molar-refractivity contribution in [2.24, 2.45) is 0 Å². The van der Waals surface area contributed by atoms with Gasteiger partial charge in [-0.3, -0.25) is 9.59 Å². The van der Waals surface area contributed by atoms with Crippen LogP contribution in [0.25, 0.3) is 16.8 Å². The molecule has 2 aliphatic heterocycles. The van der Waals surface area contributed by atoms with Crippen molar-refractivity contribution in [3.8, 4) is 22.8 Å². The van der Waals surface area contributed by atoms with E-state index in [-0.39, 0.29) is 30.6 Å². The second kappa shape index (κ2) is 8.46. The number of anilines is 1. The second-order valence-electron chi connectivity index (χ2n) is 8.48. The summed E-state index contributed by atoms with van der Waals surface area (Å²) in [4.78, 5) is 29.7. The number of hydrogen-bond donors (Lipinski definition) is 0. The van der Waals surface area contributed by atoms with E-state index in [0.29, 0.717) is 54.6 Å². The van der Waals surface area contributed by atoms with Gasteiger partial charge < -0.3 is 23.8 Å². The van der Waals surface area contributed by atoms with Crippen LogP contribution in [0, 0.1) is 5.82 Å². The molecule has 0 saturated carbocycles. The molecule has 1 saturated heterocycles. The molecule has 9 nitrogen and oxygen atoms in total. The predicted molar refractivity (Wildman–Crippen MR) is 126 cm³/mol. The fourth-order valence-electron chi connectivity index (χ4n) is 4.50. The van der Waals surface area contributed by atoms with E-state index < -0.39 is 0 Å². The van der Waals surface area contributed by atoms with Crippen LogP contribution in [-0.2, 0) is 11.3 Å². The molecule has 0 bridgehead atoms. The van der Waals surface area contributed by atoms with E-state index in [1.54, 1.807) is 41.6 Å². The van der Waals surface area contributed by atoms with E-state index in [2.05, 4.69) is 5.10 Å². The standard InChI is InChI=1S/C25H22FN5O4/c26-18-3-1-2-4-20(18)28-7-9-29(10-8-28)24(32)15-30-11-12-31-21(25(30)33)14-19(27-31)17-5-6-22-23(13-17)35-16-34-22/h1-6,11-14H,7-10,15-16H2. The van der Waals surface area contributed by atoms with Crippen molar-refractivity contribution in [2.75, 3.05) is 37.9 Å². The van der Waals surface area contributed by atoms with Gasteiger partial charge in [-0.2, -0.15) is 5.10 Å². The predicted octanol–water partition coefficient (Wildman–Crippen LogP) is 2.38. The first-order valence-corrected chi connectivity index (χ1v) is 11.3. The minimum atomic E-state index is -0.301. The van der Waals surface area contributed by atoms with Crippen LogP contribution in [0.4, 0.5) is 10.1 Å². The van der Waals surface area contributed by atoms with E-state index in [4.69, 9.17) is 9.47 Å². The molecule has 1 amide bonds. The number of hydrogen-bond acceptors (Lipinski definition) is 6. The maximum atomic E-state index is 14.1. The number of carbonyl (C=O) groups is 1. The number of piperazine rings is 1. The normalized spacial score (nSPS) is 15.1. The second-order valence-corrected chi connectivity index (χ2v) is 8.48. The smallest absolute Gasteiger partial charge is 0.277 e. The highest BCUT2D eigenvalue weighted by atomic mass is 19.1. The molecular formula is C25H22FN5O4. The zero-order valence-corrected chi connectivity index (χ0v) is 18.8. The Kier molecular flexibility index (Phi) is 5.13. The van der Waals surface area contributed by atoms with Crippen LogP contribution in [0.3, 0.4) is 0 Å². The van der Waals surface area contributed by atoms with Gasteiger partial charge in [-0.25, -0.2) is 8.91 Å². The van der Waals surface area contributed by atoms with Gasteiger partial charge in [0.05, 0.1) is 11.4 Å². The van der Waals surface area contributed by atoms with E-state index in [9.17, 15) is 14.0 Å². The molecule has 2 aromatic heterocycles. The highest BCUT2D eigenvalue weighted by molar-refractivity contribution is 5.76. The summed E-state index contributed by atoms with van der Waals surface area (Å²) in [6.07, 6.45) is 3.23. The molecule has 4 heterocycles. The van der Waals surface area contributed by atoms with Crippen LogP contribution in [0.1, 0.15) is 0 Å². The van der Waals surface area contributed by atoms with E-state index in [1.807, 2.05) is 23.1 Å². The van der Waals surface area contributed by atoms with Gasteiger partial charge in [0.2, 0.25) is 12.7 Å². The first kappa shape index (κ1) is 21.2. The minimum Gasteiger partial charge on any atom is -0.454 e.